The van der Waals surface area contributed by atoms with E-state index in [2.05, 4.69) is 42.4 Å². The summed E-state index contributed by atoms with van der Waals surface area (Å²) in [6.45, 7) is 4.16. The van der Waals surface area contributed by atoms with E-state index in [9.17, 15) is 0 Å². The van der Waals surface area contributed by atoms with Crippen LogP contribution in [0, 0.1) is 13.8 Å². The van der Waals surface area contributed by atoms with Crippen LogP contribution in [0.3, 0.4) is 0 Å². The molecule has 1 aromatic heterocycles. The van der Waals surface area contributed by atoms with Crippen molar-refractivity contribution in [3.63, 3.8) is 0 Å². The molecule has 1 heterocycles. The molecule has 2 aromatic carbocycles. The summed E-state index contributed by atoms with van der Waals surface area (Å²) in [5.41, 5.74) is 5.87. The van der Waals surface area contributed by atoms with Crippen LogP contribution >= 0.6 is 11.6 Å². The van der Waals surface area contributed by atoms with Gasteiger partial charge in [0.05, 0.1) is 5.02 Å². The van der Waals surface area contributed by atoms with Crippen molar-refractivity contribution in [3.8, 4) is 11.1 Å². The lowest BCUT2D eigenvalue weighted by molar-refractivity contribution is 0.315. The summed E-state index contributed by atoms with van der Waals surface area (Å²) in [6.07, 6.45) is 0. The predicted molar refractivity (Wildman–Crippen MR) is 71.7 cm³/mol. The Labute approximate surface area is 109 Å². The largest absolute Gasteiger partial charge is 0.243 e. The summed E-state index contributed by atoms with van der Waals surface area (Å²) < 4.78 is 4.70. The van der Waals surface area contributed by atoms with Gasteiger partial charge in [-0.05, 0) is 47.4 Å². The number of nitrogens with zero attached hydrogens (tertiary/aromatic N) is 2. The summed E-state index contributed by atoms with van der Waals surface area (Å²) in [7, 11) is 0. The van der Waals surface area contributed by atoms with E-state index < -0.39 is 0 Å². The van der Waals surface area contributed by atoms with Gasteiger partial charge in [-0.15, -0.1) is 0 Å². The average molecular weight is 259 g/mol. The number of fused-ring (bicyclic) bond motifs is 1. The number of aromatic nitrogens is 2. The van der Waals surface area contributed by atoms with Crippen molar-refractivity contribution in [1.82, 2.24) is 10.3 Å². The Morgan fingerprint density at radius 3 is 2.28 bits per heavy atom. The minimum absolute atomic E-state index is 0.558. The fourth-order valence-electron chi connectivity index (χ4n) is 2.16. The third-order valence-corrected chi connectivity index (χ3v) is 3.16. The van der Waals surface area contributed by atoms with E-state index in [1.807, 2.05) is 12.1 Å². The molecule has 0 aliphatic carbocycles. The number of hydrogen-bond donors (Lipinski definition) is 0. The molecule has 18 heavy (non-hydrogen) atoms. The van der Waals surface area contributed by atoms with Crippen molar-refractivity contribution < 1.29 is 4.63 Å². The summed E-state index contributed by atoms with van der Waals surface area (Å²) in [5, 5.41) is 8.17. The van der Waals surface area contributed by atoms with Crippen LogP contribution in [0.4, 0.5) is 0 Å². The molecule has 0 saturated heterocycles. The highest BCUT2D eigenvalue weighted by Gasteiger charge is 2.09. The van der Waals surface area contributed by atoms with E-state index in [-0.39, 0.29) is 0 Å². The van der Waals surface area contributed by atoms with Crippen LogP contribution < -0.4 is 0 Å². The summed E-state index contributed by atoms with van der Waals surface area (Å²) >= 11 is 6.17. The van der Waals surface area contributed by atoms with E-state index in [4.69, 9.17) is 16.2 Å². The molecule has 0 spiro atoms. The average Bonchev–Trinajstić information content (AvgIpc) is 2.76. The molecule has 0 amide bonds. The van der Waals surface area contributed by atoms with Gasteiger partial charge >= 0.3 is 0 Å². The molecule has 0 N–H and O–H groups in total. The third-order valence-electron chi connectivity index (χ3n) is 2.87. The standard InChI is InChI=1S/C14H11ClN2O/c1-8-3-9(2)5-10(4-8)11-6-12(15)14-13(7-11)16-18-17-14/h3-7H,1-2H3. The first-order chi connectivity index (χ1) is 8.63. The SMILES string of the molecule is Cc1cc(C)cc(-c2cc(Cl)c3nonc3c2)c1. The molecule has 0 aliphatic heterocycles. The molecule has 3 rings (SSSR count). The summed E-state index contributed by atoms with van der Waals surface area (Å²) in [4.78, 5) is 0. The lowest BCUT2D eigenvalue weighted by atomic mass is 10.0. The first kappa shape index (κ1) is 11.2. The Hall–Kier alpha value is -1.87. The Kier molecular flexibility index (Phi) is 2.56. The van der Waals surface area contributed by atoms with Gasteiger partial charge < -0.3 is 0 Å². The van der Waals surface area contributed by atoms with Crippen molar-refractivity contribution in [2.45, 2.75) is 13.8 Å². The molecule has 4 heteroatoms. The molecule has 0 fully saturated rings. The van der Waals surface area contributed by atoms with Crippen LogP contribution in [0.5, 0.6) is 0 Å². The first-order valence-electron chi connectivity index (χ1n) is 5.64. The monoisotopic (exact) mass is 258 g/mol. The van der Waals surface area contributed by atoms with Crippen LogP contribution in [0.15, 0.2) is 35.0 Å². The fraction of sp³-hybridized carbons (Fsp3) is 0.143. The highest BCUT2D eigenvalue weighted by Crippen LogP contribution is 2.29. The van der Waals surface area contributed by atoms with Gasteiger partial charge in [-0.1, -0.05) is 40.9 Å². The second-order valence-electron chi connectivity index (χ2n) is 4.47. The van der Waals surface area contributed by atoms with Gasteiger partial charge in [0.2, 0.25) is 0 Å². The van der Waals surface area contributed by atoms with E-state index in [0.29, 0.717) is 16.1 Å². The molecule has 3 aromatic rings. The predicted octanol–water partition coefficient (Wildman–Crippen LogP) is 4.16. The molecule has 3 nitrogen and oxygen atoms in total. The lowest BCUT2D eigenvalue weighted by Gasteiger charge is -2.05. The van der Waals surface area contributed by atoms with Gasteiger partial charge in [-0.2, -0.15) is 0 Å². The van der Waals surface area contributed by atoms with E-state index in [0.717, 1.165) is 11.1 Å². The van der Waals surface area contributed by atoms with Crippen LogP contribution in [-0.2, 0) is 0 Å². The zero-order valence-electron chi connectivity index (χ0n) is 10.1. The number of halogens is 1. The highest BCUT2D eigenvalue weighted by atomic mass is 35.5. The Morgan fingerprint density at radius 1 is 0.889 bits per heavy atom. The summed E-state index contributed by atoms with van der Waals surface area (Å²) in [5.74, 6) is 0. The third kappa shape index (κ3) is 1.87. The molecular formula is C14H11ClN2O. The Morgan fingerprint density at radius 2 is 1.56 bits per heavy atom. The van der Waals surface area contributed by atoms with Crippen molar-refractivity contribution in [2.75, 3.05) is 0 Å². The maximum Gasteiger partial charge on any atom is 0.153 e. The van der Waals surface area contributed by atoms with Crippen LogP contribution in [0.1, 0.15) is 11.1 Å². The minimum Gasteiger partial charge on any atom is -0.243 e. The number of rotatable bonds is 1. The van der Waals surface area contributed by atoms with Crippen LogP contribution in [0.2, 0.25) is 5.02 Å². The Bertz CT molecular complexity index is 713. The van der Waals surface area contributed by atoms with Crippen molar-refractivity contribution in [1.29, 1.82) is 0 Å². The second-order valence-corrected chi connectivity index (χ2v) is 4.87. The molecule has 0 radical (unpaired) electrons. The van der Waals surface area contributed by atoms with Crippen LogP contribution in [-0.4, -0.2) is 10.3 Å². The van der Waals surface area contributed by atoms with Gasteiger partial charge in [-0.25, -0.2) is 4.63 Å². The maximum absolute atomic E-state index is 6.17. The van der Waals surface area contributed by atoms with Gasteiger partial charge in [0.25, 0.3) is 0 Å². The van der Waals surface area contributed by atoms with Crippen molar-refractivity contribution in [3.05, 3.63) is 46.5 Å². The number of aryl methyl sites for hydroxylation is 2. The van der Waals surface area contributed by atoms with Crippen LogP contribution in [0.25, 0.3) is 22.2 Å². The second kappa shape index (κ2) is 4.10. The zero-order chi connectivity index (χ0) is 12.7. The maximum atomic E-state index is 6.17. The highest BCUT2D eigenvalue weighted by molar-refractivity contribution is 6.35. The lowest BCUT2D eigenvalue weighted by Crippen LogP contribution is -1.84. The molecule has 0 bridgehead atoms. The van der Waals surface area contributed by atoms with Gasteiger partial charge in [-0.3, -0.25) is 0 Å². The molecule has 0 unspecified atom stereocenters. The van der Waals surface area contributed by atoms with Gasteiger partial charge in [0.15, 0.2) is 5.52 Å². The quantitative estimate of drug-likeness (QED) is 0.658. The van der Waals surface area contributed by atoms with Crippen molar-refractivity contribution >= 4 is 22.6 Å². The topological polar surface area (TPSA) is 38.9 Å². The zero-order valence-corrected chi connectivity index (χ0v) is 10.8. The molecule has 0 aliphatic rings. The van der Waals surface area contributed by atoms with E-state index in [1.165, 1.54) is 11.1 Å². The van der Waals surface area contributed by atoms with Crippen molar-refractivity contribution in [2.24, 2.45) is 0 Å². The smallest absolute Gasteiger partial charge is 0.153 e. The van der Waals surface area contributed by atoms with Gasteiger partial charge in [0.1, 0.15) is 5.52 Å². The molecule has 0 saturated carbocycles. The van der Waals surface area contributed by atoms with E-state index in [1.54, 1.807) is 0 Å². The first-order valence-corrected chi connectivity index (χ1v) is 6.02. The van der Waals surface area contributed by atoms with Gasteiger partial charge in [0, 0.05) is 0 Å². The molecule has 0 atom stereocenters. The number of hydrogen-bond acceptors (Lipinski definition) is 3. The number of benzene rings is 2. The van der Waals surface area contributed by atoms with E-state index >= 15 is 0 Å². The molecular weight excluding hydrogens is 248 g/mol. The summed E-state index contributed by atoms with van der Waals surface area (Å²) in [6, 6.07) is 10.2. The fourth-order valence-corrected chi connectivity index (χ4v) is 2.41. The minimum atomic E-state index is 0.558. The Balaban J connectivity index is 2.24. The molecule has 90 valence electrons. The normalized spacial score (nSPS) is 11.1.